The van der Waals surface area contributed by atoms with E-state index in [1.807, 2.05) is 37.4 Å². The molecule has 0 aromatic heterocycles. The van der Waals surface area contributed by atoms with Crippen LogP contribution in [0.5, 0.6) is 5.75 Å². The number of nitrogens with zero attached hydrogens (tertiary/aromatic N) is 1. The van der Waals surface area contributed by atoms with Gasteiger partial charge in [-0.3, -0.25) is 9.59 Å². The molecular formula is C20H25ClN3O3+. The van der Waals surface area contributed by atoms with E-state index in [-0.39, 0.29) is 18.4 Å². The molecule has 0 aliphatic carbocycles. The molecule has 27 heavy (non-hydrogen) atoms. The number of amides is 2. The van der Waals surface area contributed by atoms with Crippen LogP contribution >= 0.6 is 11.6 Å². The molecule has 0 bridgehead atoms. The average Bonchev–Trinajstić information content (AvgIpc) is 2.62. The molecular weight excluding hydrogens is 366 g/mol. The van der Waals surface area contributed by atoms with Crippen molar-refractivity contribution in [3.05, 3.63) is 59.1 Å². The molecule has 144 valence electrons. The van der Waals surface area contributed by atoms with E-state index in [0.717, 1.165) is 10.5 Å². The Bertz CT molecular complexity index is 796. The summed E-state index contributed by atoms with van der Waals surface area (Å²) < 4.78 is 5.25. The van der Waals surface area contributed by atoms with Gasteiger partial charge in [0.1, 0.15) is 5.75 Å². The highest BCUT2D eigenvalue weighted by atomic mass is 35.5. The SMILES string of the molecule is COc1ccc(Cl)cc1NC(=O)C[NH+](C)[C@H](C(=O)N(C)C)c1ccccc1. The number of halogens is 1. The highest BCUT2D eigenvalue weighted by molar-refractivity contribution is 6.31. The van der Waals surface area contributed by atoms with Gasteiger partial charge in [-0.05, 0) is 18.2 Å². The second-order valence-corrected chi connectivity index (χ2v) is 6.93. The lowest BCUT2D eigenvalue weighted by molar-refractivity contribution is -0.894. The smallest absolute Gasteiger partial charge is 0.285 e. The number of nitrogens with one attached hydrogen (secondary N) is 2. The number of likely N-dealkylation sites (N-methyl/N-ethyl adjacent to an activating group) is 2. The van der Waals surface area contributed by atoms with E-state index in [2.05, 4.69) is 5.32 Å². The molecule has 2 rings (SSSR count). The highest BCUT2D eigenvalue weighted by Crippen LogP contribution is 2.27. The first-order chi connectivity index (χ1) is 12.8. The maximum absolute atomic E-state index is 12.7. The van der Waals surface area contributed by atoms with Gasteiger partial charge in [-0.2, -0.15) is 0 Å². The van der Waals surface area contributed by atoms with Gasteiger partial charge in [0.05, 0.1) is 19.8 Å². The van der Waals surface area contributed by atoms with Crippen molar-refractivity contribution in [1.29, 1.82) is 0 Å². The average molecular weight is 391 g/mol. The Morgan fingerprint density at radius 3 is 2.44 bits per heavy atom. The first kappa shape index (κ1) is 20.7. The molecule has 0 saturated heterocycles. The number of benzene rings is 2. The largest absolute Gasteiger partial charge is 0.495 e. The summed E-state index contributed by atoms with van der Waals surface area (Å²) in [5.41, 5.74) is 1.36. The van der Waals surface area contributed by atoms with E-state index in [9.17, 15) is 9.59 Å². The van der Waals surface area contributed by atoms with E-state index >= 15 is 0 Å². The predicted octanol–water partition coefficient (Wildman–Crippen LogP) is 1.63. The molecule has 0 fully saturated rings. The molecule has 2 aromatic rings. The summed E-state index contributed by atoms with van der Waals surface area (Å²) in [7, 11) is 6.77. The molecule has 1 unspecified atom stereocenters. The number of carbonyl (C=O) groups excluding carboxylic acids is 2. The topological polar surface area (TPSA) is 63.1 Å². The molecule has 0 saturated carbocycles. The highest BCUT2D eigenvalue weighted by Gasteiger charge is 2.31. The van der Waals surface area contributed by atoms with E-state index in [1.165, 1.54) is 7.11 Å². The van der Waals surface area contributed by atoms with Crippen LogP contribution in [-0.4, -0.2) is 51.5 Å². The van der Waals surface area contributed by atoms with Gasteiger partial charge in [-0.15, -0.1) is 0 Å². The third-order valence-corrected chi connectivity index (χ3v) is 4.42. The van der Waals surface area contributed by atoms with Gasteiger partial charge < -0.3 is 19.9 Å². The van der Waals surface area contributed by atoms with Crippen molar-refractivity contribution >= 4 is 29.1 Å². The van der Waals surface area contributed by atoms with Crippen LogP contribution in [0.2, 0.25) is 5.02 Å². The van der Waals surface area contributed by atoms with Crippen LogP contribution in [0.25, 0.3) is 0 Å². The van der Waals surface area contributed by atoms with E-state index in [1.54, 1.807) is 37.2 Å². The summed E-state index contributed by atoms with van der Waals surface area (Å²) in [5.74, 6) is 0.224. The molecule has 0 spiro atoms. The Hall–Kier alpha value is -2.57. The van der Waals surface area contributed by atoms with Gasteiger partial charge in [-0.1, -0.05) is 41.9 Å². The Morgan fingerprint density at radius 1 is 1.19 bits per heavy atom. The first-order valence-corrected chi connectivity index (χ1v) is 8.93. The van der Waals surface area contributed by atoms with Gasteiger partial charge in [-0.25, -0.2) is 0 Å². The number of carbonyl (C=O) groups is 2. The molecule has 2 atom stereocenters. The zero-order valence-corrected chi connectivity index (χ0v) is 16.7. The molecule has 0 radical (unpaired) electrons. The number of quaternary nitrogens is 1. The quantitative estimate of drug-likeness (QED) is 0.755. The molecule has 2 amide bonds. The number of rotatable bonds is 7. The lowest BCUT2D eigenvalue weighted by Gasteiger charge is -2.26. The number of ether oxygens (including phenoxy) is 1. The van der Waals surface area contributed by atoms with Gasteiger partial charge >= 0.3 is 0 Å². The minimum atomic E-state index is -0.479. The fraction of sp³-hybridized carbons (Fsp3) is 0.300. The monoisotopic (exact) mass is 390 g/mol. The number of hydrogen-bond donors (Lipinski definition) is 2. The molecule has 2 aromatic carbocycles. The fourth-order valence-corrected chi connectivity index (χ4v) is 3.04. The minimum Gasteiger partial charge on any atom is -0.495 e. The van der Waals surface area contributed by atoms with Gasteiger partial charge in [0.25, 0.3) is 11.8 Å². The molecule has 0 heterocycles. The molecule has 6 nitrogen and oxygen atoms in total. The van der Waals surface area contributed by atoms with Crippen molar-refractivity contribution in [3.8, 4) is 5.75 Å². The summed E-state index contributed by atoms with van der Waals surface area (Å²) in [5, 5.41) is 3.31. The Morgan fingerprint density at radius 2 is 1.85 bits per heavy atom. The summed E-state index contributed by atoms with van der Waals surface area (Å²) in [6, 6.07) is 14.0. The van der Waals surface area contributed by atoms with Gasteiger partial charge in [0, 0.05) is 24.7 Å². The van der Waals surface area contributed by atoms with E-state index < -0.39 is 6.04 Å². The standard InChI is InChI=1S/C20H24ClN3O3/c1-23(2)20(26)19(14-8-6-5-7-9-14)24(3)13-18(25)22-16-12-15(21)10-11-17(16)27-4/h5-12,19H,13H2,1-4H3,(H,22,25)/p+1/t19-/m0/s1. The first-order valence-electron chi connectivity index (χ1n) is 8.55. The van der Waals surface area contributed by atoms with E-state index in [0.29, 0.717) is 16.5 Å². The second kappa shape index (κ2) is 9.39. The summed E-state index contributed by atoms with van der Waals surface area (Å²) in [4.78, 5) is 27.6. The number of methoxy groups -OCH3 is 1. The van der Waals surface area contributed by atoms with Crippen LogP contribution in [0.4, 0.5) is 5.69 Å². The van der Waals surface area contributed by atoms with Crippen molar-refractivity contribution in [2.75, 3.05) is 40.1 Å². The molecule has 0 aliphatic rings. The maximum atomic E-state index is 12.7. The Kier molecular flexibility index (Phi) is 7.21. The molecule has 0 aliphatic heterocycles. The lowest BCUT2D eigenvalue weighted by Crippen LogP contribution is -3.11. The van der Waals surface area contributed by atoms with Crippen molar-refractivity contribution < 1.29 is 19.2 Å². The van der Waals surface area contributed by atoms with Gasteiger partial charge in [0.15, 0.2) is 12.6 Å². The molecule has 2 N–H and O–H groups in total. The van der Waals surface area contributed by atoms with Crippen molar-refractivity contribution in [2.45, 2.75) is 6.04 Å². The Labute approximate surface area is 164 Å². The predicted molar refractivity (Wildman–Crippen MR) is 106 cm³/mol. The van der Waals surface area contributed by atoms with Gasteiger partial charge in [0.2, 0.25) is 0 Å². The van der Waals surface area contributed by atoms with E-state index in [4.69, 9.17) is 16.3 Å². The van der Waals surface area contributed by atoms with Crippen LogP contribution in [0.3, 0.4) is 0 Å². The zero-order chi connectivity index (χ0) is 20.0. The number of anilines is 1. The molecule has 7 heteroatoms. The zero-order valence-electron chi connectivity index (χ0n) is 16.0. The Balaban J connectivity index is 2.17. The summed E-state index contributed by atoms with van der Waals surface area (Å²) >= 11 is 6.01. The number of hydrogen-bond acceptors (Lipinski definition) is 3. The third kappa shape index (κ3) is 5.45. The summed E-state index contributed by atoms with van der Waals surface area (Å²) in [6.45, 7) is 0.106. The van der Waals surface area contributed by atoms with Crippen LogP contribution < -0.4 is 15.0 Å². The van der Waals surface area contributed by atoms with Crippen LogP contribution in [0.15, 0.2) is 48.5 Å². The van der Waals surface area contributed by atoms with Crippen LogP contribution in [0, 0.1) is 0 Å². The van der Waals surface area contributed by atoms with Crippen molar-refractivity contribution in [3.63, 3.8) is 0 Å². The minimum absolute atomic E-state index is 0.0631. The van der Waals surface area contributed by atoms with Crippen molar-refractivity contribution in [2.24, 2.45) is 0 Å². The second-order valence-electron chi connectivity index (χ2n) is 6.49. The van der Waals surface area contributed by atoms with Crippen LogP contribution in [-0.2, 0) is 9.59 Å². The lowest BCUT2D eigenvalue weighted by atomic mass is 10.0. The summed E-state index contributed by atoms with van der Waals surface area (Å²) in [6.07, 6.45) is 0. The van der Waals surface area contributed by atoms with Crippen LogP contribution in [0.1, 0.15) is 11.6 Å². The maximum Gasteiger partial charge on any atom is 0.285 e. The normalized spacial score (nSPS) is 12.8. The van der Waals surface area contributed by atoms with Crippen molar-refractivity contribution in [1.82, 2.24) is 4.90 Å². The fourth-order valence-electron chi connectivity index (χ4n) is 2.87. The third-order valence-electron chi connectivity index (χ3n) is 4.19.